The van der Waals surface area contributed by atoms with Gasteiger partial charge in [-0.15, -0.1) is 0 Å². The topological polar surface area (TPSA) is 48.0 Å². The number of ether oxygens (including phenoxy) is 1. The van der Waals surface area contributed by atoms with Gasteiger partial charge >= 0.3 is 0 Å². The van der Waals surface area contributed by atoms with Crippen molar-refractivity contribution in [2.24, 2.45) is 0 Å². The zero-order valence-electron chi connectivity index (χ0n) is 14.2. The largest absolute Gasteiger partial charge is 0.373 e. The van der Waals surface area contributed by atoms with Crippen molar-refractivity contribution in [2.75, 3.05) is 64.1 Å². The lowest BCUT2D eigenvalue weighted by molar-refractivity contribution is -0.132. The zero-order chi connectivity index (χ0) is 16.4. The van der Waals surface area contributed by atoms with Gasteiger partial charge in [0.25, 0.3) is 5.91 Å². The van der Waals surface area contributed by atoms with Crippen LogP contribution in [0.3, 0.4) is 0 Å². The Morgan fingerprint density at radius 3 is 2.78 bits per heavy atom. The van der Waals surface area contributed by atoms with Crippen LogP contribution in [0.1, 0.15) is 5.56 Å². The van der Waals surface area contributed by atoms with Crippen molar-refractivity contribution in [1.82, 2.24) is 9.80 Å². The molecule has 3 rings (SSSR count). The van der Waals surface area contributed by atoms with Crippen molar-refractivity contribution < 1.29 is 9.53 Å². The fraction of sp³-hybridized carbons (Fsp3) is 0.588. The van der Waals surface area contributed by atoms with Crippen LogP contribution in [0.2, 0.25) is 0 Å². The number of hydrogen-bond acceptors (Lipinski definition) is 5. The molecule has 1 aromatic carbocycles. The highest BCUT2D eigenvalue weighted by Gasteiger charge is 2.25. The predicted octanol–water partition coefficient (Wildman–Crippen LogP) is 0.837. The molecule has 1 aromatic rings. The van der Waals surface area contributed by atoms with Crippen molar-refractivity contribution >= 4 is 17.3 Å². The van der Waals surface area contributed by atoms with Crippen LogP contribution < -0.4 is 10.2 Å². The fourth-order valence-electron chi connectivity index (χ4n) is 3.10. The molecule has 1 atom stereocenters. The highest BCUT2D eigenvalue weighted by atomic mass is 16.5. The molecule has 0 saturated carbocycles. The third-order valence-corrected chi connectivity index (χ3v) is 4.58. The second-order valence-electron chi connectivity index (χ2n) is 6.61. The normalized spacial score (nSPS) is 23.3. The van der Waals surface area contributed by atoms with E-state index in [4.69, 9.17) is 4.74 Å². The first-order valence-corrected chi connectivity index (χ1v) is 8.16. The molecule has 2 aliphatic heterocycles. The van der Waals surface area contributed by atoms with E-state index >= 15 is 0 Å². The van der Waals surface area contributed by atoms with E-state index in [1.807, 2.05) is 13.1 Å². The average molecular weight is 318 g/mol. The molecular formula is C17H26N4O2. The number of nitrogens with one attached hydrogen (secondary N) is 1. The highest BCUT2D eigenvalue weighted by Crippen LogP contribution is 2.27. The number of rotatable bonds is 2. The number of morpholine rings is 1. The molecule has 0 aliphatic carbocycles. The van der Waals surface area contributed by atoms with Crippen LogP contribution in [-0.4, -0.2) is 75.7 Å². The quantitative estimate of drug-likeness (QED) is 0.875. The lowest BCUT2D eigenvalue weighted by Gasteiger charge is -2.29. The standard InChI is InChI=1S/C17H26N4O2/c1-19-6-7-21(3)15-10-14(5-4-13(15)11-19)18-17(22)16-12-20(2)8-9-23-16/h4-5,10,16H,6-9,11-12H2,1-3H3,(H,18,22)/t16-/m0/s1. The number of benzene rings is 1. The fourth-order valence-corrected chi connectivity index (χ4v) is 3.10. The lowest BCUT2D eigenvalue weighted by atomic mass is 10.1. The number of hydrogen-bond donors (Lipinski definition) is 1. The Morgan fingerprint density at radius 2 is 2.00 bits per heavy atom. The zero-order valence-corrected chi connectivity index (χ0v) is 14.2. The third-order valence-electron chi connectivity index (χ3n) is 4.58. The predicted molar refractivity (Wildman–Crippen MR) is 91.9 cm³/mol. The summed E-state index contributed by atoms with van der Waals surface area (Å²) in [7, 11) is 6.25. The molecule has 0 spiro atoms. The summed E-state index contributed by atoms with van der Waals surface area (Å²) < 4.78 is 5.58. The van der Waals surface area contributed by atoms with E-state index in [2.05, 4.69) is 46.2 Å². The monoisotopic (exact) mass is 318 g/mol. The first-order valence-electron chi connectivity index (χ1n) is 8.16. The minimum atomic E-state index is -0.392. The molecule has 6 heteroatoms. The van der Waals surface area contributed by atoms with Crippen molar-refractivity contribution in [3.05, 3.63) is 23.8 Å². The van der Waals surface area contributed by atoms with Gasteiger partial charge < -0.3 is 24.8 Å². The van der Waals surface area contributed by atoms with Crippen molar-refractivity contribution in [1.29, 1.82) is 0 Å². The molecule has 0 radical (unpaired) electrons. The van der Waals surface area contributed by atoms with Gasteiger partial charge in [0.15, 0.2) is 0 Å². The van der Waals surface area contributed by atoms with Crippen LogP contribution in [0.4, 0.5) is 11.4 Å². The van der Waals surface area contributed by atoms with Crippen LogP contribution in [0.15, 0.2) is 18.2 Å². The van der Waals surface area contributed by atoms with Gasteiger partial charge in [-0.1, -0.05) is 6.07 Å². The van der Waals surface area contributed by atoms with Crippen LogP contribution in [0.5, 0.6) is 0 Å². The van der Waals surface area contributed by atoms with E-state index in [0.29, 0.717) is 13.2 Å². The third kappa shape index (κ3) is 3.83. The van der Waals surface area contributed by atoms with Gasteiger partial charge in [0.05, 0.1) is 6.61 Å². The maximum Gasteiger partial charge on any atom is 0.254 e. The molecule has 2 aliphatic rings. The van der Waals surface area contributed by atoms with Gasteiger partial charge in [-0.2, -0.15) is 0 Å². The first-order chi connectivity index (χ1) is 11.0. The van der Waals surface area contributed by atoms with Crippen LogP contribution in [-0.2, 0) is 16.1 Å². The average Bonchev–Trinajstić information content (AvgIpc) is 2.67. The van der Waals surface area contributed by atoms with Gasteiger partial charge in [-0.3, -0.25) is 4.79 Å². The van der Waals surface area contributed by atoms with Gasteiger partial charge in [0, 0.05) is 51.1 Å². The summed E-state index contributed by atoms with van der Waals surface area (Å²) >= 11 is 0. The summed E-state index contributed by atoms with van der Waals surface area (Å²) in [4.78, 5) is 19.1. The van der Waals surface area contributed by atoms with Gasteiger partial charge in [-0.25, -0.2) is 0 Å². The van der Waals surface area contributed by atoms with E-state index in [9.17, 15) is 4.79 Å². The number of anilines is 2. The number of nitrogens with zero attached hydrogens (tertiary/aromatic N) is 3. The lowest BCUT2D eigenvalue weighted by Crippen LogP contribution is -2.46. The summed E-state index contributed by atoms with van der Waals surface area (Å²) in [6.07, 6.45) is -0.392. The smallest absolute Gasteiger partial charge is 0.254 e. The number of amides is 1. The first kappa shape index (κ1) is 16.2. The van der Waals surface area contributed by atoms with Crippen LogP contribution >= 0.6 is 0 Å². The Kier molecular flexibility index (Phi) is 4.84. The summed E-state index contributed by atoms with van der Waals surface area (Å²) in [5, 5.41) is 3.00. The van der Waals surface area contributed by atoms with E-state index in [1.165, 1.54) is 11.3 Å². The number of likely N-dealkylation sites (N-methyl/N-ethyl adjacent to an activating group) is 3. The molecule has 1 amide bonds. The minimum Gasteiger partial charge on any atom is -0.373 e. The second kappa shape index (κ2) is 6.86. The SMILES string of the molecule is CN1CCN(C)c2cc(NC(=O)[C@@H]3CN(C)CCO3)ccc2C1. The molecule has 0 unspecified atom stereocenters. The molecule has 1 fully saturated rings. The van der Waals surface area contributed by atoms with Crippen LogP contribution in [0, 0.1) is 0 Å². The highest BCUT2D eigenvalue weighted by molar-refractivity contribution is 5.95. The molecule has 23 heavy (non-hydrogen) atoms. The number of carbonyl (C=O) groups is 1. The Morgan fingerprint density at radius 1 is 1.17 bits per heavy atom. The molecule has 126 valence electrons. The maximum absolute atomic E-state index is 12.4. The van der Waals surface area contributed by atoms with Crippen LogP contribution in [0.25, 0.3) is 0 Å². The van der Waals surface area contributed by atoms with Crippen molar-refractivity contribution in [3.63, 3.8) is 0 Å². The molecule has 0 aromatic heterocycles. The summed E-state index contributed by atoms with van der Waals surface area (Å²) in [5.74, 6) is -0.0649. The number of carbonyl (C=O) groups excluding carboxylic acids is 1. The number of fused-ring (bicyclic) bond motifs is 1. The Labute approximate surface area is 138 Å². The summed E-state index contributed by atoms with van der Waals surface area (Å²) in [6, 6.07) is 6.16. The second-order valence-corrected chi connectivity index (χ2v) is 6.61. The van der Waals surface area contributed by atoms with E-state index in [1.54, 1.807) is 0 Å². The Hall–Kier alpha value is -1.63. The van der Waals surface area contributed by atoms with Crippen molar-refractivity contribution in [3.8, 4) is 0 Å². The van der Waals surface area contributed by atoms with Gasteiger partial charge in [-0.05, 0) is 31.8 Å². The molecule has 1 N–H and O–H groups in total. The van der Waals surface area contributed by atoms with Gasteiger partial charge in [0.1, 0.15) is 6.10 Å². The van der Waals surface area contributed by atoms with E-state index in [0.717, 1.165) is 31.9 Å². The summed E-state index contributed by atoms with van der Waals surface area (Å²) in [5.41, 5.74) is 3.31. The maximum atomic E-state index is 12.4. The molecular weight excluding hydrogens is 292 g/mol. The molecule has 1 saturated heterocycles. The molecule has 6 nitrogen and oxygen atoms in total. The molecule has 2 heterocycles. The minimum absolute atomic E-state index is 0.0649. The van der Waals surface area contributed by atoms with E-state index in [-0.39, 0.29) is 5.91 Å². The van der Waals surface area contributed by atoms with E-state index < -0.39 is 6.10 Å². The summed E-state index contributed by atoms with van der Waals surface area (Å²) in [6.45, 7) is 5.08. The Balaban J connectivity index is 1.72. The Bertz CT molecular complexity index is 578. The van der Waals surface area contributed by atoms with Crippen molar-refractivity contribution in [2.45, 2.75) is 12.6 Å². The molecule has 0 bridgehead atoms. The van der Waals surface area contributed by atoms with Gasteiger partial charge in [0.2, 0.25) is 0 Å².